The highest BCUT2D eigenvalue weighted by atomic mass is 16.8. The molecule has 0 amide bonds. The molecular formula is C48H98N4O25+4. The van der Waals surface area contributed by atoms with Crippen LogP contribution in [0.2, 0.25) is 0 Å². The van der Waals surface area contributed by atoms with Gasteiger partial charge in [0.2, 0.25) is 12.6 Å². The minimum absolute atomic E-state index is 0.0893. The first-order chi connectivity index (χ1) is 35.5. The van der Waals surface area contributed by atoms with Gasteiger partial charge in [-0.3, -0.25) is 0 Å². The molecule has 0 spiro atoms. The largest absolute Gasteiger partial charge is 0.387 e. The predicted molar refractivity (Wildman–Crippen MR) is 264 cm³/mol. The number of hydrogen-bond acceptors (Lipinski definition) is 25. The van der Waals surface area contributed by atoms with Crippen LogP contribution < -0.4 is 0 Å². The lowest BCUT2D eigenvalue weighted by atomic mass is 9.90. The lowest BCUT2D eigenvalue weighted by molar-refractivity contribution is -0.877. The van der Waals surface area contributed by atoms with E-state index in [1.54, 1.807) is 0 Å². The number of aliphatic hydroxyl groups is 12. The smallest absolute Gasteiger partial charge is 0.205 e. The molecule has 4 fully saturated rings. The first kappa shape index (κ1) is 68.3. The standard InChI is InChI=1S/C48H98N4O25/c1-49(2,3)15-26(53)19-67-40-30(21-65-13)75-45(38(62)36(40)60)69-22-28-33(57)35(59)37(61)46(73-28)71-25-48(72-20-27(54)16-50(4,5)6)24-70-44(39(63)43(48)64)68-23-29-34(58)41(76-31(55)17-51(7,8)9)42(47(66-14)74-29)77-32(56)18-52(10,11)12/h26-47,53-64H,15-25H2,1-14H3/q+4. The highest BCUT2D eigenvalue weighted by Crippen LogP contribution is 2.34. The van der Waals surface area contributed by atoms with Crippen molar-refractivity contribution in [1.82, 2.24) is 0 Å². The van der Waals surface area contributed by atoms with E-state index in [0.717, 1.165) is 0 Å². The number of nitrogens with zero attached hydrogens (tertiary/aromatic N) is 4. The maximum atomic E-state index is 11.9. The van der Waals surface area contributed by atoms with Crippen LogP contribution in [0.1, 0.15) is 0 Å². The van der Waals surface area contributed by atoms with Gasteiger partial charge in [0, 0.05) is 14.2 Å². The summed E-state index contributed by atoms with van der Waals surface area (Å²) in [5.41, 5.74) is -2.05. The summed E-state index contributed by atoms with van der Waals surface area (Å²) < 4.78 is 77.5. The average Bonchev–Trinajstić information content (AvgIpc) is 3.29. The van der Waals surface area contributed by atoms with Crippen LogP contribution >= 0.6 is 0 Å². The Labute approximate surface area is 452 Å². The first-order valence-electron chi connectivity index (χ1n) is 25.9. The molecule has 4 rings (SSSR count). The summed E-state index contributed by atoms with van der Waals surface area (Å²) in [5, 5.41) is 134. The van der Waals surface area contributed by atoms with Crippen LogP contribution in [0.25, 0.3) is 0 Å². The number of ether oxygens (including phenoxy) is 13. The van der Waals surface area contributed by atoms with Gasteiger partial charge in [-0.15, -0.1) is 0 Å². The minimum atomic E-state index is -2.05. The number of likely N-dealkylation sites (N-methyl/N-ethyl adjacent to an activating group) is 4. The molecule has 456 valence electrons. The van der Waals surface area contributed by atoms with Crippen molar-refractivity contribution >= 4 is 0 Å². The summed E-state index contributed by atoms with van der Waals surface area (Å²) in [5.74, 6) is 0. The fraction of sp³-hybridized carbons (Fsp3) is 1.00. The summed E-state index contributed by atoms with van der Waals surface area (Å²) in [6.07, 6.45) is -33.1. The van der Waals surface area contributed by atoms with Crippen molar-refractivity contribution < 1.29 is 141 Å². The van der Waals surface area contributed by atoms with Gasteiger partial charge in [0.25, 0.3) is 0 Å². The van der Waals surface area contributed by atoms with Crippen LogP contribution in [0.3, 0.4) is 0 Å². The Bertz CT molecular complexity index is 1710. The normalized spacial score (nSPS) is 38.6. The number of quaternary nitrogens is 4. The molecule has 77 heavy (non-hydrogen) atoms. The Hall–Kier alpha value is -1.16. The van der Waals surface area contributed by atoms with Crippen molar-refractivity contribution in [3.8, 4) is 0 Å². The molecule has 23 unspecified atom stereocenters. The molecule has 29 nitrogen and oxygen atoms in total. The highest BCUT2D eigenvalue weighted by Gasteiger charge is 2.56. The van der Waals surface area contributed by atoms with Crippen molar-refractivity contribution in [1.29, 1.82) is 0 Å². The molecular weight excluding hydrogens is 1030 g/mol. The lowest BCUT2D eigenvalue weighted by Gasteiger charge is -2.48. The average molecular weight is 1130 g/mol. The van der Waals surface area contributed by atoms with Crippen molar-refractivity contribution in [3.63, 3.8) is 0 Å². The van der Waals surface area contributed by atoms with Gasteiger partial charge in [-0.1, -0.05) is 0 Å². The lowest BCUT2D eigenvalue weighted by Crippen LogP contribution is -2.67. The van der Waals surface area contributed by atoms with Gasteiger partial charge in [0.15, 0.2) is 25.2 Å². The Balaban J connectivity index is 1.49. The molecule has 0 bridgehead atoms. The van der Waals surface area contributed by atoms with Gasteiger partial charge in [-0.25, -0.2) is 0 Å². The second-order valence-electron chi connectivity index (χ2n) is 24.8. The number of methoxy groups -OCH3 is 2. The van der Waals surface area contributed by atoms with Crippen LogP contribution in [0, 0.1) is 0 Å². The predicted octanol–water partition coefficient (Wildman–Crippen LogP) is -8.16. The van der Waals surface area contributed by atoms with Gasteiger partial charge >= 0.3 is 0 Å². The molecule has 4 heterocycles. The quantitative estimate of drug-likeness (QED) is 0.0235. The zero-order valence-corrected chi connectivity index (χ0v) is 47.4. The number of aliphatic hydroxyl groups excluding tert-OH is 12. The van der Waals surface area contributed by atoms with Crippen LogP contribution in [0.15, 0.2) is 0 Å². The van der Waals surface area contributed by atoms with Gasteiger partial charge in [0.1, 0.15) is 129 Å². The maximum absolute atomic E-state index is 11.9. The molecule has 29 heteroatoms. The molecule has 12 N–H and O–H groups in total. The molecule has 0 saturated carbocycles. The molecule has 23 atom stereocenters. The minimum Gasteiger partial charge on any atom is -0.387 e. The topological polar surface area (TPSA) is 363 Å². The molecule has 0 aromatic heterocycles. The summed E-state index contributed by atoms with van der Waals surface area (Å²) in [7, 11) is 24.8. The second-order valence-corrected chi connectivity index (χ2v) is 24.8. The molecule has 0 aromatic carbocycles. The SMILES string of the molecule is COCC1OC(OCC2OC(OCC3(OCC(O)C[N+](C)(C)C)COC(OCC4OC(OC)C(OC(O)C[N+](C)(C)C)C(OC(O)C[N+](C)(C)C)C4O)C(O)C3O)C(O)C(O)C2O)C(O)C(O)C1OCC(O)C[N+](C)(C)C. The maximum Gasteiger partial charge on any atom is 0.205 e. The molecule has 0 radical (unpaired) electrons. The van der Waals surface area contributed by atoms with E-state index in [0.29, 0.717) is 20.0 Å². The van der Waals surface area contributed by atoms with Crippen molar-refractivity contribution in [2.24, 2.45) is 0 Å². The van der Waals surface area contributed by atoms with E-state index in [2.05, 4.69) is 0 Å². The Morgan fingerprint density at radius 1 is 0.455 bits per heavy atom. The van der Waals surface area contributed by atoms with E-state index in [4.69, 9.17) is 61.6 Å². The second kappa shape index (κ2) is 28.9. The number of hydrogen-bond donors (Lipinski definition) is 12. The van der Waals surface area contributed by atoms with Crippen LogP contribution in [0.4, 0.5) is 0 Å². The monoisotopic (exact) mass is 1130 g/mol. The van der Waals surface area contributed by atoms with Crippen LogP contribution in [-0.2, 0) is 61.6 Å². The van der Waals surface area contributed by atoms with Crippen molar-refractivity contribution in [2.75, 3.05) is 171 Å². The summed E-state index contributed by atoms with van der Waals surface area (Å²) in [6, 6.07) is 0. The fourth-order valence-corrected chi connectivity index (χ4v) is 9.41. The van der Waals surface area contributed by atoms with Crippen molar-refractivity contribution in [2.45, 2.75) is 141 Å². The summed E-state index contributed by atoms with van der Waals surface area (Å²) >= 11 is 0. The Kier molecular flexibility index (Phi) is 25.6. The van der Waals surface area contributed by atoms with Crippen LogP contribution in [-0.4, -0.2) is 391 Å². The van der Waals surface area contributed by atoms with E-state index in [1.165, 1.54) is 14.2 Å². The van der Waals surface area contributed by atoms with Gasteiger partial charge < -0.3 is 141 Å². The third-order valence-corrected chi connectivity index (χ3v) is 13.1. The molecule has 0 aliphatic carbocycles. The first-order valence-corrected chi connectivity index (χ1v) is 25.9. The van der Waals surface area contributed by atoms with Gasteiger partial charge in [-0.2, -0.15) is 0 Å². The van der Waals surface area contributed by atoms with E-state index in [9.17, 15) is 61.3 Å². The Morgan fingerprint density at radius 3 is 1.45 bits per heavy atom. The van der Waals surface area contributed by atoms with E-state index in [-0.39, 0.29) is 37.3 Å². The molecule has 0 aromatic rings. The molecule has 4 aliphatic rings. The Morgan fingerprint density at radius 2 is 0.922 bits per heavy atom. The zero-order chi connectivity index (χ0) is 58.2. The van der Waals surface area contributed by atoms with Gasteiger partial charge in [0.05, 0.1) is 131 Å². The molecule has 4 aliphatic heterocycles. The highest BCUT2D eigenvalue weighted by molar-refractivity contribution is 5.00. The van der Waals surface area contributed by atoms with E-state index >= 15 is 0 Å². The fourth-order valence-electron chi connectivity index (χ4n) is 9.41. The zero-order valence-electron chi connectivity index (χ0n) is 47.4. The summed E-state index contributed by atoms with van der Waals surface area (Å²) in [4.78, 5) is 0. The van der Waals surface area contributed by atoms with Crippen molar-refractivity contribution in [3.05, 3.63) is 0 Å². The third kappa shape index (κ3) is 20.6. The van der Waals surface area contributed by atoms with Crippen LogP contribution in [0.5, 0.6) is 0 Å². The van der Waals surface area contributed by atoms with E-state index in [1.807, 2.05) is 84.6 Å². The number of rotatable bonds is 30. The van der Waals surface area contributed by atoms with Gasteiger partial charge in [-0.05, 0) is 0 Å². The summed E-state index contributed by atoms with van der Waals surface area (Å²) in [6.45, 7) is -2.52. The molecule has 4 saturated heterocycles. The third-order valence-electron chi connectivity index (χ3n) is 13.1. The van der Waals surface area contributed by atoms with E-state index < -0.39 is 174 Å².